The second kappa shape index (κ2) is 5.29. The maximum Gasteiger partial charge on any atom is 0.229 e. The van der Waals surface area contributed by atoms with Crippen LogP contribution in [0.1, 0.15) is 26.3 Å². The lowest BCUT2D eigenvalue weighted by Gasteiger charge is -2.20. The smallest absolute Gasteiger partial charge is 0.229 e. The van der Waals surface area contributed by atoms with Crippen molar-refractivity contribution in [2.45, 2.75) is 27.7 Å². The highest BCUT2D eigenvalue weighted by atomic mass is 16.5. The minimum Gasteiger partial charge on any atom is -0.496 e. The van der Waals surface area contributed by atoms with E-state index in [4.69, 9.17) is 9.47 Å². The van der Waals surface area contributed by atoms with Crippen LogP contribution >= 0.6 is 0 Å². The molecule has 18 heavy (non-hydrogen) atoms. The summed E-state index contributed by atoms with van der Waals surface area (Å²) in [7, 11) is 3.18. The first-order valence-electron chi connectivity index (χ1n) is 5.84. The monoisotopic (exact) mass is 251 g/mol. The molecule has 1 aromatic rings. The van der Waals surface area contributed by atoms with E-state index in [1.54, 1.807) is 20.3 Å². The summed E-state index contributed by atoms with van der Waals surface area (Å²) in [4.78, 5) is 12.0. The lowest BCUT2D eigenvalue weighted by Crippen LogP contribution is -2.27. The standard InChI is InChI=1S/C14H21NO3/c1-9-11(17-5)8-7-10(12(9)18-6)15-13(16)14(2,3)4/h7-8H,1-6H3,(H,15,16). The molecule has 1 aromatic carbocycles. The average Bonchev–Trinajstić information content (AvgIpc) is 2.28. The number of carbonyl (C=O) groups is 1. The number of methoxy groups -OCH3 is 2. The van der Waals surface area contributed by atoms with Gasteiger partial charge in [-0.3, -0.25) is 4.79 Å². The fraction of sp³-hybridized carbons (Fsp3) is 0.500. The zero-order chi connectivity index (χ0) is 13.9. The summed E-state index contributed by atoms with van der Waals surface area (Å²) >= 11 is 0. The largest absolute Gasteiger partial charge is 0.496 e. The fourth-order valence-electron chi connectivity index (χ4n) is 1.57. The van der Waals surface area contributed by atoms with Gasteiger partial charge in [0.1, 0.15) is 11.5 Å². The van der Waals surface area contributed by atoms with E-state index in [-0.39, 0.29) is 5.91 Å². The molecule has 0 aliphatic rings. The molecule has 0 heterocycles. The molecule has 1 rings (SSSR count). The number of ether oxygens (including phenoxy) is 2. The predicted octanol–water partition coefficient (Wildman–Crippen LogP) is 3.00. The number of amides is 1. The molecule has 0 bridgehead atoms. The maximum absolute atomic E-state index is 12.0. The van der Waals surface area contributed by atoms with Crippen LogP contribution in [0.3, 0.4) is 0 Å². The number of rotatable bonds is 3. The highest BCUT2D eigenvalue weighted by Crippen LogP contribution is 2.35. The second-order valence-corrected chi connectivity index (χ2v) is 5.18. The van der Waals surface area contributed by atoms with Crippen molar-refractivity contribution in [1.82, 2.24) is 0 Å². The van der Waals surface area contributed by atoms with E-state index in [9.17, 15) is 4.79 Å². The summed E-state index contributed by atoms with van der Waals surface area (Å²) in [5, 5.41) is 2.87. The molecule has 4 nitrogen and oxygen atoms in total. The average molecular weight is 251 g/mol. The van der Waals surface area contributed by atoms with Gasteiger partial charge in [-0.1, -0.05) is 20.8 Å². The molecule has 0 saturated carbocycles. The molecule has 0 radical (unpaired) electrons. The van der Waals surface area contributed by atoms with Crippen molar-refractivity contribution in [3.05, 3.63) is 17.7 Å². The van der Waals surface area contributed by atoms with Crippen LogP contribution in [0.5, 0.6) is 11.5 Å². The number of anilines is 1. The van der Waals surface area contributed by atoms with Gasteiger partial charge in [0.25, 0.3) is 0 Å². The lowest BCUT2D eigenvalue weighted by molar-refractivity contribution is -0.123. The fourth-order valence-corrected chi connectivity index (χ4v) is 1.57. The van der Waals surface area contributed by atoms with Gasteiger partial charge in [-0.2, -0.15) is 0 Å². The van der Waals surface area contributed by atoms with Gasteiger partial charge in [0.15, 0.2) is 0 Å². The molecular formula is C14H21NO3. The van der Waals surface area contributed by atoms with Crippen LogP contribution in [-0.2, 0) is 4.79 Å². The van der Waals surface area contributed by atoms with E-state index in [1.165, 1.54) is 0 Å². The summed E-state index contributed by atoms with van der Waals surface area (Å²) in [6.45, 7) is 7.49. The molecule has 0 spiro atoms. The molecule has 0 aliphatic heterocycles. The Labute approximate surface area is 108 Å². The van der Waals surface area contributed by atoms with E-state index in [1.807, 2.05) is 33.8 Å². The Hall–Kier alpha value is -1.71. The van der Waals surface area contributed by atoms with Crippen molar-refractivity contribution >= 4 is 11.6 Å². The van der Waals surface area contributed by atoms with Crippen LogP contribution in [0.4, 0.5) is 5.69 Å². The van der Waals surface area contributed by atoms with Crippen molar-refractivity contribution in [3.63, 3.8) is 0 Å². The van der Waals surface area contributed by atoms with E-state index in [0.717, 1.165) is 11.3 Å². The quantitative estimate of drug-likeness (QED) is 0.898. The maximum atomic E-state index is 12.0. The Morgan fingerprint density at radius 3 is 2.22 bits per heavy atom. The third-order valence-corrected chi connectivity index (χ3v) is 2.71. The van der Waals surface area contributed by atoms with Crippen LogP contribution in [0.25, 0.3) is 0 Å². The lowest BCUT2D eigenvalue weighted by atomic mass is 9.95. The van der Waals surface area contributed by atoms with Crippen LogP contribution < -0.4 is 14.8 Å². The number of benzene rings is 1. The van der Waals surface area contributed by atoms with E-state index in [0.29, 0.717) is 11.4 Å². The van der Waals surface area contributed by atoms with E-state index >= 15 is 0 Å². The van der Waals surface area contributed by atoms with Crippen molar-refractivity contribution in [2.75, 3.05) is 19.5 Å². The highest BCUT2D eigenvalue weighted by molar-refractivity contribution is 5.96. The predicted molar refractivity (Wildman–Crippen MR) is 72.4 cm³/mol. The molecule has 100 valence electrons. The van der Waals surface area contributed by atoms with Crippen LogP contribution in [-0.4, -0.2) is 20.1 Å². The molecule has 0 aromatic heterocycles. The molecule has 0 saturated heterocycles. The summed E-state index contributed by atoms with van der Waals surface area (Å²) in [5.74, 6) is 1.32. The zero-order valence-corrected chi connectivity index (χ0v) is 11.9. The second-order valence-electron chi connectivity index (χ2n) is 5.18. The molecular weight excluding hydrogens is 230 g/mol. The Balaban J connectivity index is 3.11. The molecule has 0 unspecified atom stereocenters. The van der Waals surface area contributed by atoms with Crippen molar-refractivity contribution in [2.24, 2.45) is 5.41 Å². The Morgan fingerprint density at radius 2 is 1.78 bits per heavy atom. The number of hydrogen-bond donors (Lipinski definition) is 1. The van der Waals surface area contributed by atoms with Crippen LogP contribution in [0.2, 0.25) is 0 Å². The number of carbonyl (C=O) groups excluding carboxylic acids is 1. The van der Waals surface area contributed by atoms with E-state index in [2.05, 4.69) is 5.32 Å². The van der Waals surface area contributed by atoms with Gasteiger partial charge in [-0.05, 0) is 19.1 Å². The number of nitrogens with one attached hydrogen (secondary N) is 1. The SMILES string of the molecule is COc1ccc(NC(=O)C(C)(C)C)c(OC)c1C. The minimum absolute atomic E-state index is 0.0506. The van der Waals surface area contributed by atoms with E-state index < -0.39 is 5.41 Å². The van der Waals surface area contributed by atoms with Gasteiger partial charge in [-0.15, -0.1) is 0 Å². The van der Waals surface area contributed by atoms with Gasteiger partial charge < -0.3 is 14.8 Å². The first-order valence-corrected chi connectivity index (χ1v) is 5.84. The Kier molecular flexibility index (Phi) is 4.22. The molecule has 0 aliphatic carbocycles. The topological polar surface area (TPSA) is 47.6 Å². The zero-order valence-electron chi connectivity index (χ0n) is 11.9. The molecule has 1 N–H and O–H groups in total. The van der Waals surface area contributed by atoms with Crippen molar-refractivity contribution in [1.29, 1.82) is 0 Å². The van der Waals surface area contributed by atoms with Crippen molar-refractivity contribution < 1.29 is 14.3 Å². The Bertz CT molecular complexity index is 447. The van der Waals surface area contributed by atoms with Gasteiger partial charge in [0, 0.05) is 11.0 Å². The third-order valence-electron chi connectivity index (χ3n) is 2.71. The summed E-state index contributed by atoms with van der Waals surface area (Å²) in [6.07, 6.45) is 0. The molecule has 1 amide bonds. The van der Waals surface area contributed by atoms with Gasteiger partial charge in [0.05, 0.1) is 19.9 Å². The summed E-state index contributed by atoms with van der Waals surface area (Å²) < 4.78 is 10.6. The first kappa shape index (κ1) is 14.4. The molecule has 4 heteroatoms. The van der Waals surface area contributed by atoms with Crippen LogP contribution in [0, 0.1) is 12.3 Å². The Morgan fingerprint density at radius 1 is 1.17 bits per heavy atom. The highest BCUT2D eigenvalue weighted by Gasteiger charge is 2.23. The van der Waals surface area contributed by atoms with Gasteiger partial charge in [0.2, 0.25) is 5.91 Å². The van der Waals surface area contributed by atoms with Gasteiger partial charge >= 0.3 is 0 Å². The first-order chi connectivity index (χ1) is 8.31. The minimum atomic E-state index is -0.446. The number of hydrogen-bond acceptors (Lipinski definition) is 3. The summed E-state index contributed by atoms with van der Waals surface area (Å²) in [6, 6.07) is 3.60. The third kappa shape index (κ3) is 2.94. The van der Waals surface area contributed by atoms with Gasteiger partial charge in [-0.25, -0.2) is 0 Å². The van der Waals surface area contributed by atoms with Crippen LogP contribution in [0.15, 0.2) is 12.1 Å². The molecule has 0 fully saturated rings. The van der Waals surface area contributed by atoms with Crippen molar-refractivity contribution in [3.8, 4) is 11.5 Å². The molecule has 0 atom stereocenters. The normalized spacial score (nSPS) is 11.0. The summed E-state index contributed by atoms with van der Waals surface area (Å²) in [5.41, 5.74) is 1.08.